The molecule has 0 radical (unpaired) electrons. The first kappa shape index (κ1) is 17.3. The Hall–Kier alpha value is -1.52. The summed E-state index contributed by atoms with van der Waals surface area (Å²) < 4.78 is 5.47. The normalized spacial score (nSPS) is 18.5. The average molecular weight is 332 g/mol. The van der Waals surface area contributed by atoms with E-state index in [4.69, 9.17) is 4.52 Å². The molecule has 2 aliphatic carbocycles. The van der Waals surface area contributed by atoms with Crippen molar-refractivity contribution in [1.82, 2.24) is 15.8 Å². The predicted molar refractivity (Wildman–Crippen MR) is 97.0 cm³/mol. The van der Waals surface area contributed by atoms with Gasteiger partial charge in [-0.1, -0.05) is 19.0 Å². The van der Waals surface area contributed by atoms with Gasteiger partial charge in [0.05, 0.1) is 12.2 Å². The van der Waals surface area contributed by atoms with Crippen molar-refractivity contribution >= 4 is 5.96 Å². The summed E-state index contributed by atoms with van der Waals surface area (Å²) in [7, 11) is 1.83. The number of nitrogens with zero attached hydrogens (tertiary/aromatic N) is 2. The van der Waals surface area contributed by atoms with Gasteiger partial charge < -0.3 is 15.2 Å². The first-order valence-corrected chi connectivity index (χ1v) is 9.65. The van der Waals surface area contributed by atoms with E-state index in [-0.39, 0.29) is 0 Å². The second kappa shape index (κ2) is 8.04. The summed E-state index contributed by atoms with van der Waals surface area (Å²) in [5, 5.41) is 11.1. The first-order chi connectivity index (χ1) is 11.7. The third kappa shape index (κ3) is 4.52. The highest BCUT2D eigenvalue weighted by atomic mass is 16.5. The summed E-state index contributed by atoms with van der Waals surface area (Å²) in [6.45, 7) is 6.07. The third-order valence-corrected chi connectivity index (χ3v) is 5.59. The van der Waals surface area contributed by atoms with Gasteiger partial charge in [0.15, 0.2) is 11.7 Å². The number of hydrogen-bond acceptors (Lipinski definition) is 3. The van der Waals surface area contributed by atoms with Gasteiger partial charge in [0.2, 0.25) is 0 Å². The lowest BCUT2D eigenvalue weighted by atomic mass is 9.98. The molecule has 134 valence electrons. The van der Waals surface area contributed by atoms with E-state index in [1.807, 2.05) is 7.05 Å². The Morgan fingerprint density at radius 1 is 1.21 bits per heavy atom. The Kier molecular flexibility index (Phi) is 5.80. The zero-order valence-electron chi connectivity index (χ0n) is 15.3. The molecule has 2 aliphatic rings. The molecule has 2 N–H and O–H groups in total. The van der Waals surface area contributed by atoms with Crippen molar-refractivity contribution in [3.8, 4) is 0 Å². The standard InChI is InChI=1S/C19H32N4O/c1-4-13(5-2)18-10-16(24-23-18)11-21-19(20-3)22-12-17(14-6-7-14)15-8-9-15/h10,13-15,17H,4-9,11-12H2,1-3H3,(H2,20,21,22). The van der Waals surface area contributed by atoms with Crippen LogP contribution in [0.1, 0.15) is 69.7 Å². The van der Waals surface area contributed by atoms with Crippen molar-refractivity contribution in [1.29, 1.82) is 0 Å². The zero-order valence-corrected chi connectivity index (χ0v) is 15.3. The molecular formula is C19H32N4O. The van der Waals surface area contributed by atoms with Gasteiger partial charge in [-0.3, -0.25) is 4.99 Å². The van der Waals surface area contributed by atoms with Gasteiger partial charge in [0, 0.05) is 25.6 Å². The molecule has 1 aromatic heterocycles. The van der Waals surface area contributed by atoms with Gasteiger partial charge in [-0.25, -0.2) is 0 Å². The molecule has 0 bridgehead atoms. The Morgan fingerprint density at radius 2 is 1.88 bits per heavy atom. The maximum atomic E-state index is 5.47. The second-order valence-electron chi connectivity index (χ2n) is 7.38. The van der Waals surface area contributed by atoms with E-state index in [1.165, 1.54) is 25.7 Å². The Bertz CT molecular complexity index is 529. The number of aromatic nitrogens is 1. The Labute approximate surface area is 145 Å². The van der Waals surface area contributed by atoms with Crippen LogP contribution < -0.4 is 10.6 Å². The average Bonchev–Trinajstić information content (AvgIpc) is 3.52. The van der Waals surface area contributed by atoms with Crippen molar-refractivity contribution in [3.05, 3.63) is 17.5 Å². The second-order valence-corrected chi connectivity index (χ2v) is 7.38. The van der Waals surface area contributed by atoms with E-state index in [1.54, 1.807) is 0 Å². The number of nitrogens with one attached hydrogen (secondary N) is 2. The fourth-order valence-electron chi connectivity index (χ4n) is 3.68. The van der Waals surface area contributed by atoms with Crippen LogP contribution in [0.2, 0.25) is 0 Å². The van der Waals surface area contributed by atoms with Gasteiger partial charge in [0.25, 0.3) is 0 Å². The van der Waals surface area contributed by atoms with E-state index in [0.717, 1.165) is 54.6 Å². The van der Waals surface area contributed by atoms with Crippen molar-refractivity contribution in [3.63, 3.8) is 0 Å². The minimum atomic E-state index is 0.498. The highest BCUT2D eigenvalue weighted by molar-refractivity contribution is 5.79. The molecule has 0 aliphatic heterocycles. The molecule has 0 unspecified atom stereocenters. The van der Waals surface area contributed by atoms with Gasteiger partial charge in [-0.2, -0.15) is 0 Å². The van der Waals surface area contributed by atoms with Crippen LogP contribution in [0.5, 0.6) is 0 Å². The van der Waals surface area contributed by atoms with E-state index >= 15 is 0 Å². The predicted octanol–water partition coefficient (Wildman–Crippen LogP) is 3.68. The number of aliphatic imine (C=N–C) groups is 1. The fraction of sp³-hybridized carbons (Fsp3) is 0.789. The largest absolute Gasteiger partial charge is 0.359 e. The molecule has 0 aromatic carbocycles. The number of guanidine groups is 1. The van der Waals surface area contributed by atoms with Gasteiger partial charge in [0.1, 0.15) is 0 Å². The topological polar surface area (TPSA) is 62.5 Å². The van der Waals surface area contributed by atoms with E-state index in [9.17, 15) is 0 Å². The SMILES string of the molecule is CCC(CC)c1cc(CNC(=NC)NCC(C2CC2)C2CC2)on1. The summed E-state index contributed by atoms with van der Waals surface area (Å²) in [5.41, 5.74) is 1.07. The molecule has 24 heavy (non-hydrogen) atoms. The minimum Gasteiger partial charge on any atom is -0.359 e. The summed E-state index contributed by atoms with van der Waals surface area (Å²) in [6, 6.07) is 2.08. The lowest BCUT2D eigenvalue weighted by molar-refractivity contribution is 0.367. The molecule has 3 rings (SSSR count). The van der Waals surface area contributed by atoms with E-state index in [2.05, 4.69) is 40.7 Å². The number of hydrogen-bond donors (Lipinski definition) is 2. The fourth-order valence-corrected chi connectivity index (χ4v) is 3.68. The summed E-state index contributed by atoms with van der Waals surface area (Å²) in [5.74, 6) is 5.00. The maximum Gasteiger partial charge on any atom is 0.191 e. The van der Waals surface area contributed by atoms with Crippen LogP contribution in [0, 0.1) is 17.8 Å². The monoisotopic (exact) mass is 332 g/mol. The molecule has 0 spiro atoms. The highest BCUT2D eigenvalue weighted by Gasteiger charge is 2.41. The van der Waals surface area contributed by atoms with Crippen molar-refractivity contribution in [2.24, 2.45) is 22.7 Å². The molecule has 2 fully saturated rings. The van der Waals surface area contributed by atoms with Crippen molar-refractivity contribution in [2.75, 3.05) is 13.6 Å². The number of rotatable bonds is 9. The molecule has 2 saturated carbocycles. The van der Waals surface area contributed by atoms with Crippen LogP contribution in [0.25, 0.3) is 0 Å². The Balaban J connectivity index is 1.45. The van der Waals surface area contributed by atoms with E-state index in [0.29, 0.717) is 12.5 Å². The van der Waals surface area contributed by atoms with Crippen LogP contribution in [-0.4, -0.2) is 24.7 Å². The molecule has 0 atom stereocenters. The summed E-state index contributed by atoms with van der Waals surface area (Å²) >= 11 is 0. The third-order valence-electron chi connectivity index (χ3n) is 5.59. The molecule has 5 heteroatoms. The quantitative estimate of drug-likeness (QED) is 0.535. The van der Waals surface area contributed by atoms with Crippen LogP contribution in [0.3, 0.4) is 0 Å². The lowest BCUT2D eigenvalue weighted by Crippen LogP contribution is -2.40. The van der Waals surface area contributed by atoms with Crippen LogP contribution >= 0.6 is 0 Å². The van der Waals surface area contributed by atoms with Crippen LogP contribution in [-0.2, 0) is 6.54 Å². The molecule has 0 saturated heterocycles. The smallest absolute Gasteiger partial charge is 0.191 e. The van der Waals surface area contributed by atoms with Crippen LogP contribution in [0.15, 0.2) is 15.6 Å². The molecule has 1 heterocycles. The van der Waals surface area contributed by atoms with Gasteiger partial charge in [-0.05, 0) is 56.3 Å². The summed E-state index contributed by atoms with van der Waals surface area (Å²) in [4.78, 5) is 4.34. The minimum absolute atomic E-state index is 0.498. The van der Waals surface area contributed by atoms with Crippen molar-refractivity contribution in [2.45, 2.75) is 64.8 Å². The van der Waals surface area contributed by atoms with E-state index < -0.39 is 0 Å². The molecule has 1 aromatic rings. The van der Waals surface area contributed by atoms with Crippen LogP contribution in [0.4, 0.5) is 0 Å². The van der Waals surface area contributed by atoms with Crippen molar-refractivity contribution < 1.29 is 4.52 Å². The summed E-state index contributed by atoms with van der Waals surface area (Å²) in [6.07, 6.45) is 7.89. The lowest BCUT2D eigenvalue weighted by Gasteiger charge is -2.18. The van der Waals surface area contributed by atoms with Gasteiger partial charge in [-0.15, -0.1) is 0 Å². The Morgan fingerprint density at radius 3 is 2.42 bits per heavy atom. The first-order valence-electron chi connectivity index (χ1n) is 9.65. The molecule has 0 amide bonds. The highest BCUT2D eigenvalue weighted by Crippen LogP contribution is 2.48. The maximum absolute atomic E-state index is 5.47. The van der Waals surface area contributed by atoms with Gasteiger partial charge >= 0.3 is 0 Å². The molecular weight excluding hydrogens is 300 g/mol. The zero-order chi connectivity index (χ0) is 16.9. The molecule has 5 nitrogen and oxygen atoms in total.